The SMILES string of the molecule is CCC(C)Nc1oc(-c2ccccc2Cl)nc1S(=O)(=O)c1ccc(Cl)cc1. The molecule has 0 aliphatic rings. The lowest BCUT2D eigenvalue weighted by Gasteiger charge is -2.11. The highest BCUT2D eigenvalue weighted by Crippen LogP contribution is 2.35. The zero-order chi connectivity index (χ0) is 19.6. The van der Waals surface area contributed by atoms with Gasteiger partial charge in [-0.05, 0) is 49.7 Å². The molecule has 1 unspecified atom stereocenters. The van der Waals surface area contributed by atoms with E-state index in [-0.39, 0.29) is 27.7 Å². The van der Waals surface area contributed by atoms with Crippen LogP contribution in [0, 0.1) is 0 Å². The molecule has 0 saturated carbocycles. The monoisotopic (exact) mass is 424 g/mol. The molecular weight excluding hydrogens is 407 g/mol. The van der Waals surface area contributed by atoms with Crippen LogP contribution in [0.3, 0.4) is 0 Å². The molecule has 0 aliphatic carbocycles. The molecule has 1 N–H and O–H groups in total. The second kappa shape index (κ2) is 7.92. The van der Waals surface area contributed by atoms with Crippen molar-refractivity contribution in [3.05, 3.63) is 58.6 Å². The van der Waals surface area contributed by atoms with E-state index in [2.05, 4.69) is 10.3 Å². The topological polar surface area (TPSA) is 72.2 Å². The number of oxazole rings is 1. The molecule has 0 bridgehead atoms. The lowest BCUT2D eigenvalue weighted by molar-refractivity contribution is 0.566. The molecule has 3 rings (SSSR count). The van der Waals surface area contributed by atoms with Crippen molar-refractivity contribution in [1.29, 1.82) is 0 Å². The highest BCUT2D eigenvalue weighted by atomic mass is 35.5. The number of hydrogen-bond acceptors (Lipinski definition) is 5. The first-order valence-corrected chi connectivity index (χ1v) is 10.6. The number of benzene rings is 2. The summed E-state index contributed by atoms with van der Waals surface area (Å²) < 4.78 is 32.0. The summed E-state index contributed by atoms with van der Waals surface area (Å²) in [5.74, 6) is 0.230. The Morgan fingerprint density at radius 3 is 2.41 bits per heavy atom. The van der Waals surface area contributed by atoms with Crippen LogP contribution in [-0.4, -0.2) is 19.4 Å². The summed E-state index contributed by atoms with van der Waals surface area (Å²) >= 11 is 12.1. The lowest BCUT2D eigenvalue weighted by atomic mass is 10.2. The minimum atomic E-state index is -3.91. The van der Waals surface area contributed by atoms with Crippen molar-refractivity contribution in [3.63, 3.8) is 0 Å². The number of nitrogens with one attached hydrogen (secondary N) is 1. The van der Waals surface area contributed by atoms with Crippen LogP contribution >= 0.6 is 23.2 Å². The first kappa shape index (κ1) is 19.7. The van der Waals surface area contributed by atoms with Gasteiger partial charge in [0.15, 0.2) is 0 Å². The predicted octanol–water partition coefficient (Wildman–Crippen LogP) is 5.69. The van der Waals surface area contributed by atoms with Crippen LogP contribution in [0.4, 0.5) is 5.88 Å². The van der Waals surface area contributed by atoms with Crippen molar-refractivity contribution >= 4 is 38.9 Å². The van der Waals surface area contributed by atoms with E-state index in [4.69, 9.17) is 27.6 Å². The number of aromatic nitrogens is 1. The van der Waals surface area contributed by atoms with E-state index in [0.29, 0.717) is 15.6 Å². The van der Waals surface area contributed by atoms with Crippen LogP contribution in [0.2, 0.25) is 10.0 Å². The maximum absolute atomic E-state index is 13.1. The second-order valence-corrected chi connectivity index (χ2v) is 8.75. The molecule has 8 heteroatoms. The van der Waals surface area contributed by atoms with Gasteiger partial charge < -0.3 is 9.73 Å². The third-order valence-corrected chi connectivity index (χ3v) is 6.33. The number of nitrogens with zero attached hydrogens (tertiary/aromatic N) is 1. The quantitative estimate of drug-likeness (QED) is 0.549. The first-order valence-electron chi connectivity index (χ1n) is 8.36. The van der Waals surface area contributed by atoms with Crippen molar-refractivity contribution in [2.24, 2.45) is 0 Å². The summed E-state index contributed by atoms with van der Waals surface area (Å²) in [6.45, 7) is 3.91. The van der Waals surface area contributed by atoms with Crippen LogP contribution in [-0.2, 0) is 9.84 Å². The van der Waals surface area contributed by atoms with Gasteiger partial charge in [0.05, 0.1) is 15.5 Å². The van der Waals surface area contributed by atoms with Crippen molar-refractivity contribution < 1.29 is 12.8 Å². The average molecular weight is 425 g/mol. The molecule has 0 aliphatic heterocycles. The highest BCUT2D eigenvalue weighted by Gasteiger charge is 2.29. The third-order valence-electron chi connectivity index (χ3n) is 4.07. The number of sulfone groups is 1. The van der Waals surface area contributed by atoms with Gasteiger partial charge in [-0.2, -0.15) is 4.98 Å². The van der Waals surface area contributed by atoms with E-state index >= 15 is 0 Å². The molecule has 0 fully saturated rings. The van der Waals surface area contributed by atoms with E-state index in [9.17, 15) is 8.42 Å². The van der Waals surface area contributed by atoms with Gasteiger partial charge in [-0.25, -0.2) is 8.42 Å². The Bertz CT molecular complexity index is 1050. The molecule has 1 heterocycles. The van der Waals surface area contributed by atoms with Crippen molar-refractivity contribution in [2.45, 2.75) is 36.2 Å². The number of hydrogen-bond donors (Lipinski definition) is 1. The fourth-order valence-corrected chi connectivity index (χ4v) is 3.99. The normalized spacial score (nSPS) is 12.7. The summed E-state index contributed by atoms with van der Waals surface area (Å²) in [6.07, 6.45) is 0.780. The molecule has 1 atom stereocenters. The van der Waals surface area contributed by atoms with Crippen molar-refractivity contribution in [1.82, 2.24) is 4.98 Å². The molecule has 0 spiro atoms. The summed E-state index contributed by atoms with van der Waals surface area (Å²) in [5, 5.41) is 3.77. The zero-order valence-corrected chi connectivity index (χ0v) is 17.1. The Morgan fingerprint density at radius 2 is 1.78 bits per heavy atom. The van der Waals surface area contributed by atoms with Crippen LogP contribution in [0.25, 0.3) is 11.5 Å². The van der Waals surface area contributed by atoms with Crippen LogP contribution in [0.5, 0.6) is 0 Å². The number of rotatable bonds is 6. The minimum absolute atomic E-state index is 0.00351. The fourth-order valence-electron chi connectivity index (χ4n) is 2.38. The van der Waals surface area contributed by atoms with E-state index in [0.717, 1.165) is 6.42 Å². The largest absolute Gasteiger partial charge is 0.419 e. The molecular formula is C19H18Cl2N2O3S. The van der Waals surface area contributed by atoms with Crippen LogP contribution in [0.15, 0.2) is 62.9 Å². The number of anilines is 1. The average Bonchev–Trinajstić information content (AvgIpc) is 3.06. The summed E-state index contributed by atoms with van der Waals surface area (Å²) in [7, 11) is -3.91. The Balaban J connectivity index is 2.15. The standard InChI is InChI=1S/C19H18Cl2N2O3S/c1-3-12(2)22-18-19(27(24,25)14-10-8-13(20)9-11-14)23-17(26-18)15-6-4-5-7-16(15)21/h4-12,22H,3H2,1-2H3. The van der Waals surface area contributed by atoms with E-state index in [1.165, 1.54) is 24.3 Å². The maximum atomic E-state index is 13.1. The Labute approximate surface area is 168 Å². The van der Waals surface area contributed by atoms with Gasteiger partial charge in [0.25, 0.3) is 0 Å². The van der Waals surface area contributed by atoms with Crippen LogP contribution < -0.4 is 5.32 Å². The molecule has 2 aromatic carbocycles. The van der Waals surface area contributed by atoms with Gasteiger partial charge in [-0.1, -0.05) is 42.3 Å². The van der Waals surface area contributed by atoms with E-state index in [1.807, 2.05) is 13.8 Å². The smallest absolute Gasteiger partial charge is 0.234 e. The molecule has 0 amide bonds. The van der Waals surface area contributed by atoms with Gasteiger partial charge in [-0.3, -0.25) is 0 Å². The molecule has 5 nitrogen and oxygen atoms in total. The number of halogens is 2. The van der Waals surface area contributed by atoms with E-state index < -0.39 is 9.84 Å². The van der Waals surface area contributed by atoms with Crippen molar-refractivity contribution in [2.75, 3.05) is 5.32 Å². The van der Waals surface area contributed by atoms with Gasteiger partial charge in [-0.15, -0.1) is 0 Å². The molecule has 142 valence electrons. The molecule has 0 radical (unpaired) electrons. The van der Waals surface area contributed by atoms with Gasteiger partial charge in [0.1, 0.15) is 0 Å². The summed E-state index contributed by atoms with van der Waals surface area (Å²) in [6, 6.07) is 12.9. The Kier molecular flexibility index (Phi) is 5.79. The molecule has 1 aromatic heterocycles. The highest BCUT2D eigenvalue weighted by molar-refractivity contribution is 7.91. The molecule has 27 heavy (non-hydrogen) atoms. The Hall–Kier alpha value is -2.02. The third kappa shape index (κ3) is 4.13. The first-order chi connectivity index (χ1) is 12.8. The van der Waals surface area contributed by atoms with E-state index in [1.54, 1.807) is 24.3 Å². The van der Waals surface area contributed by atoms with Crippen LogP contribution in [0.1, 0.15) is 20.3 Å². The maximum Gasteiger partial charge on any atom is 0.234 e. The minimum Gasteiger partial charge on any atom is -0.419 e. The molecule has 3 aromatic rings. The predicted molar refractivity (Wildman–Crippen MR) is 107 cm³/mol. The summed E-state index contributed by atoms with van der Waals surface area (Å²) in [5.41, 5.74) is 0.518. The van der Waals surface area contributed by atoms with Gasteiger partial charge >= 0.3 is 0 Å². The van der Waals surface area contributed by atoms with Crippen molar-refractivity contribution in [3.8, 4) is 11.5 Å². The Morgan fingerprint density at radius 1 is 1.11 bits per heavy atom. The van der Waals surface area contributed by atoms with Gasteiger partial charge in [0.2, 0.25) is 26.6 Å². The zero-order valence-electron chi connectivity index (χ0n) is 14.7. The fraction of sp³-hybridized carbons (Fsp3) is 0.211. The van der Waals surface area contributed by atoms with Gasteiger partial charge in [0, 0.05) is 11.1 Å². The second-order valence-electron chi connectivity index (χ2n) is 6.04. The molecule has 0 saturated heterocycles. The summed E-state index contributed by atoms with van der Waals surface area (Å²) in [4.78, 5) is 4.35. The lowest BCUT2D eigenvalue weighted by Crippen LogP contribution is -2.15.